The third-order valence-corrected chi connectivity index (χ3v) is 5.99. The van der Waals surface area contributed by atoms with Crippen LogP contribution in [-0.2, 0) is 29.1 Å². The minimum atomic E-state index is -0.296. The Bertz CT molecular complexity index is 1480. The van der Waals surface area contributed by atoms with Crippen LogP contribution in [0.4, 0.5) is 0 Å². The van der Waals surface area contributed by atoms with E-state index in [1.54, 1.807) is 19.5 Å². The van der Waals surface area contributed by atoms with Gasteiger partial charge in [-0.25, -0.2) is 0 Å². The fourth-order valence-electron chi connectivity index (χ4n) is 4.27. The Kier molecular flexibility index (Phi) is 6.87. The third-order valence-electron chi connectivity index (χ3n) is 5.99. The molecule has 0 aliphatic heterocycles. The lowest BCUT2D eigenvalue weighted by molar-refractivity contribution is -0.142. The molecular formula is C30H27NO5. The zero-order valence-corrected chi connectivity index (χ0v) is 20.0. The summed E-state index contributed by atoms with van der Waals surface area (Å²) in [7, 11) is 0. The van der Waals surface area contributed by atoms with Gasteiger partial charge >= 0.3 is 5.97 Å². The number of ether oxygens (including phenoxy) is 2. The molecule has 0 atom stereocenters. The maximum atomic E-state index is 12.2. The lowest BCUT2D eigenvalue weighted by Gasteiger charge is -2.14. The van der Waals surface area contributed by atoms with Crippen molar-refractivity contribution in [3.05, 3.63) is 102 Å². The van der Waals surface area contributed by atoms with Crippen molar-refractivity contribution in [3.63, 3.8) is 0 Å². The molecule has 6 heteroatoms. The van der Waals surface area contributed by atoms with Crippen molar-refractivity contribution >= 4 is 16.9 Å². The number of fused-ring (bicyclic) bond motifs is 1. The molecule has 0 spiro atoms. The van der Waals surface area contributed by atoms with E-state index in [2.05, 4.69) is 18.2 Å². The lowest BCUT2D eigenvalue weighted by Crippen LogP contribution is -2.09. The summed E-state index contributed by atoms with van der Waals surface area (Å²) in [6.07, 6.45) is 3.44. The Labute approximate surface area is 209 Å². The van der Waals surface area contributed by atoms with Gasteiger partial charge in [0.2, 0.25) is 0 Å². The van der Waals surface area contributed by atoms with E-state index in [1.807, 2.05) is 54.6 Å². The van der Waals surface area contributed by atoms with Crippen LogP contribution in [-0.4, -0.2) is 12.6 Å². The Morgan fingerprint density at radius 2 is 1.81 bits per heavy atom. The van der Waals surface area contributed by atoms with Crippen molar-refractivity contribution in [2.45, 2.75) is 26.5 Å². The fraction of sp³-hybridized carbons (Fsp3) is 0.167. The van der Waals surface area contributed by atoms with E-state index in [9.17, 15) is 4.79 Å². The predicted octanol–water partition coefficient (Wildman–Crippen LogP) is 6.50. The SMILES string of the molecule is CCOC(=O)Cc1ccc(-c2ccco2)cc1OCc1cc(-c2cccc(CN)c2)c2occc2c1. The molecule has 2 heterocycles. The van der Waals surface area contributed by atoms with Crippen LogP contribution in [0.25, 0.3) is 33.4 Å². The van der Waals surface area contributed by atoms with Crippen LogP contribution in [0.15, 0.2) is 94.2 Å². The van der Waals surface area contributed by atoms with Gasteiger partial charge in [0.25, 0.3) is 0 Å². The first-order valence-corrected chi connectivity index (χ1v) is 11.9. The van der Waals surface area contributed by atoms with Gasteiger partial charge in [-0.05, 0) is 66.1 Å². The predicted molar refractivity (Wildman–Crippen MR) is 138 cm³/mol. The monoisotopic (exact) mass is 481 g/mol. The summed E-state index contributed by atoms with van der Waals surface area (Å²) in [5.41, 5.74) is 12.3. The summed E-state index contributed by atoms with van der Waals surface area (Å²) in [4.78, 5) is 12.2. The number of nitrogens with two attached hydrogens (primary N) is 1. The molecule has 182 valence electrons. The van der Waals surface area contributed by atoms with Crippen LogP contribution >= 0.6 is 0 Å². The Morgan fingerprint density at radius 3 is 2.61 bits per heavy atom. The van der Waals surface area contributed by atoms with Crippen molar-refractivity contribution in [1.29, 1.82) is 0 Å². The molecular weight excluding hydrogens is 454 g/mol. The molecule has 0 saturated carbocycles. The number of furan rings is 2. The highest BCUT2D eigenvalue weighted by Gasteiger charge is 2.15. The van der Waals surface area contributed by atoms with Crippen LogP contribution in [0.5, 0.6) is 5.75 Å². The number of carbonyl (C=O) groups excluding carboxylic acids is 1. The zero-order valence-electron chi connectivity index (χ0n) is 20.0. The number of carbonyl (C=O) groups is 1. The molecule has 5 rings (SSSR count). The van der Waals surface area contributed by atoms with Gasteiger partial charge in [0.15, 0.2) is 0 Å². The number of benzene rings is 3. The first-order valence-electron chi connectivity index (χ1n) is 11.9. The van der Waals surface area contributed by atoms with Crippen LogP contribution < -0.4 is 10.5 Å². The van der Waals surface area contributed by atoms with Gasteiger partial charge < -0.3 is 24.0 Å². The topological polar surface area (TPSA) is 87.8 Å². The largest absolute Gasteiger partial charge is 0.489 e. The minimum Gasteiger partial charge on any atom is -0.489 e. The summed E-state index contributed by atoms with van der Waals surface area (Å²) in [6, 6.07) is 23.6. The molecule has 2 N–H and O–H groups in total. The number of hydrogen-bond acceptors (Lipinski definition) is 6. The Morgan fingerprint density at radius 1 is 0.889 bits per heavy atom. The Balaban J connectivity index is 1.47. The van der Waals surface area contributed by atoms with Crippen molar-refractivity contribution in [1.82, 2.24) is 0 Å². The molecule has 0 bridgehead atoms. The van der Waals surface area contributed by atoms with Gasteiger partial charge in [0.05, 0.1) is 25.6 Å². The summed E-state index contributed by atoms with van der Waals surface area (Å²) in [5, 5.41) is 0.986. The minimum absolute atomic E-state index is 0.125. The normalized spacial score (nSPS) is 11.1. The average Bonchev–Trinajstić information content (AvgIpc) is 3.60. The molecule has 0 unspecified atom stereocenters. The average molecular weight is 482 g/mol. The van der Waals surface area contributed by atoms with E-state index >= 15 is 0 Å². The van der Waals surface area contributed by atoms with Gasteiger partial charge in [-0.1, -0.05) is 30.3 Å². The van der Waals surface area contributed by atoms with Gasteiger partial charge in [0, 0.05) is 28.6 Å². The van der Waals surface area contributed by atoms with Gasteiger partial charge in [0.1, 0.15) is 23.7 Å². The second-order valence-corrected chi connectivity index (χ2v) is 8.46. The van der Waals surface area contributed by atoms with Gasteiger partial charge in [-0.3, -0.25) is 4.79 Å². The van der Waals surface area contributed by atoms with Crippen molar-refractivity contribution in [3.8, 4) is 28.2 Å². The van der Waals surface area contributed by atoms with E-state index in [1.165, 1.54) is 0 Å². The molecule has 0 aliphatic carbocycles. The van der Waals surface area contributed by atoms with Crippen LogP contribution in [0.2, 0.25) is 0 Å². The second kappa shape index (κ2) is 10.5. The van der Waals surface area contributed by atoms with Gasteiger partial charge in [-0.15, -0.1) is 0 Å². The molecule has 0 amide bonds. The van der Waals surface area contributed by atoms with E-state index in [4.69, 9.17) is 24.0 Å². The van der Waals surface area contributed by atoms with E-state index in [0.29, 0.717) is 25.5 Å². The first kappa shape index (κ1) is 23.5. The summed E-state index contributed by atoms with van der Waals surface area (Å²) >= 11 is 0. The third kappa shape index (κ3) is 5.04. The molecule has 0 radical (unpaired) electrons. The highest BCUT2D eigenvalue weighted by molar-refractivity contribution is 5.93. The van der Waals surface area contributed by atoms with Crippen molar-refractivity contribution in [2.75, 3.05) is 6.61 Å². The van der Waals surface area contributed by atoms with E-state index in [-0.39, 0.29) is 12.4 Å². The molecule has 2 aromatic heterocycles. The number of hydrogen-bond donors (Lipinski definition) is 1. The molecule has 6 nitrogen and oxygen atoms in total. The fourth-order valence-corrected chi connectivity index (χ4v) is 4.27. The maximum Gasteiger partial charge on any atom is 0.310 e. The maximum absolute atomic E-state index is 12.2. The molecule has 5 aromatic rings. The molecule has 36 heavy (non-hydrogen) atoms. The van der Waals surface area contributed by atoms with Gasteiger partial charge in [-0.2, -0.15) is 0 Å². The highest BCUT2D eigenvalue weighted by Crippen LogP contribution is 2.33. The Hall–Kier alpha value is -4.29. The van der Waals surface area contributed by atoms with Crippen LogP contribution in [0.3, 0.4) is 0 Å². The van der Waals surface area contributed by atoms with E-state index in [0.717, 1.165) is 50.1 Å². The number of rotatable bonds is 9. The lowest BCUT2D eigenvalue weighted by atomic mass is 9.99. The van der Waals surface area contributed by atoms with E-state index < -0.39 is 0 Å². The van der Waals surface area contributed by atoms with Crippen molar-refractivity contribution in [2.24, 2.45) is 5.73 Å². The standard InChI is InChI=1S/C30H27NO5/c1-2-33-29(32)17-24-9-8-23(27-7-4-11-34-27)16-28(24)36-19-21-14-25-10-12-35-30(25)26(15-21)22-6-3-5-20(13-22)18-31/h3-16H,2,17-19,31H2,1H3. The molecule has 0 aliphatic rings. The molecule has 0 saturated heterocycles. The first-order chi connectivity index (χ1) is 17.6. The molecule has 0 fully saturated rings. The molecule has 3 aromatic carbocycles. The summed E-state index contributed by atoms with van der Waals surface area (Å²) in [5.74, 6) is 1.04. The highest BCUT2D eigenvalue weighted by atomic mass is 16.5. The van der Waals surface area contributed by atoms with Crippen LogP contribution in [0.1, 0.15) is 23.6 Å². The quantitative estimate of drug-likeness (QED) is 0.242. The second-order valence-electron chi connectivity index (χ2n) is 8.46. The van der Waals surface area contributed by atoms with Crippen LogP contribution in [0, 0.1) is 0 Å². The van der Waals surface area contributed by atoms with Crippen molar-refractivity contribution < 1.29 is 23.1 Å². The number of esters is 1. The summed E-state index contributed by atoms with van der Waals surface area (Å²) in [6.45, 7) is 2.90. The smallest absolute Gasteiger partial charge is 0.310 e. The summed E-state index contributed by atoms with van der Waals surface area (Å²) < 4.78 is 22.8. The zero-order chi connectivity index (χ0) is 24.9.